The third kappa shape index (κ3) is 3.42. The summed E-state index contributed by atoms with van der Waals surface area (Å²) >= 11 is 0. The van der Waals surface area contributed by atoms with Gasteiger partial charge in [0.2, 0.25) is 0 Å². The molecule has 3 heteroatoms. The summed E-state index contributed by atoms with van der Waals surface area (Å²) in [4.78, 5) is 11.4. The molecule has 4 aliphatic carbocycles. The second-order valence-electron chi connectivity index (χ2n) is 13.8. The number of hydrogen-bond donors (Lipinski definition) is 1. The molecule has 1 saturated heterocycles. The van der Waals surface area contributed by atoms with Crippen molar-refractivity contribution in [3.63, 3.8) is 0 Å². The molecule has 4 saturated carbocycles. The van der Waals surface area contributed by atoms with Gasteiger partial charge in [-0.05, 0) is 98.2 Å². The van der Waals surface area contributed by atoms with Crippen molar-refractivity contribution in [3.8, 4) is 0 Å². The lowest BCUT2D eigenvalue weighted by Gasteiger charge is -2.59. The van der Waals surface area contributed by atoms with Gasteiger partial charge in [0.25, 0.3) is 0 Å². The Balaban J connectivity index is 1.30. The van der Waals surface area contributed by atoms with E-state index in [9.17, 15) is 9.90 Å². The molecule has 10 atom stereocenters. The predicted molar refractivity (Wildman–Crippen MR) is 128 cm³/mol. The molecule has 1 heterocycles. The highest BCUT2D eigenvalue weighted by atomic mass is 16.6. The Bertz CT molecular complexity index is 732. The minimum Gasteiger partial charge on any atom is -0.481 e. The van der Waals surface area contributed by atoms with Crippen molar-refractivity contribution in [2.24, 2.45) is 52.3 Å². The second kappa shape index (κ2) is 7.99. The Labute approximate surface area is 196 Å². The number of hydrogen-bond acceptors (Lipinski definition) is 2. The molecule has 0 radical (unpaired) electrons. The Kier molecular flexibility index (Phi) is 5.79. The number of ether oxygens (including phenoxy) is 1. The van der Waals surface area contributed by atoms with Crippen molar-refractivity contribution in [1.82, 2.24) is 0 Å². The van der Waals surface area contributed by atoms with Gasteiger partial charge in [-0.15, -0.1) is 0 Å². The molecule has 3 nitrogen and oxygen atoms in total. The summed E-state index contributed by atoms with van der Waals surface area (Å²) in [7, 11) is 0. The number of epoxide rings is 1. The minimum atomic E-state index is -0.631. The van der Waals surface area contributed by atoms with Crippen LogP contribution in [0.3, 0.4) is 0 Å². The van der Waals surface area contributed by atoms with E-state index in [1.54, 1.807) is 0 Å². The Morgan fingerprint density at radius 2 is 1.81 bits per heavy atom. The highest BCUT2D eigenvalue weighted by molar-refractivity contribution is 5.67. The maximum Gasteiger partial charge on any atom is 0.303 e. The standard InChI is InChI=1S/C29H48O3/c1-18(2)7-6-8-19(3)22-9-10-23-21-16-25-29(32-25)17-20(15-26(30)31)11-14-28(29,5)24(21)12-13-27(22,23)4/h18-25H,6-17H2,1-5H3,(H,30,31)/t19-,20-,21+,22-,23+,24+,25+,27-,28-,29+/m1/s1. The summed E-state index contributed by atoms with van der Waals surface area (Å²) < 4.78 is 6.61. The molecule has 5 aliphatic rings. The number of aliphatic carboxylic acids is 1. The molecule has 32 heavy (non-hydrogen) atoms. The fraction of sp³-hybridized carbons (Fsp3) is 0.966. The summed E-state index contributed by atoms with van der Waals surface area (Å²) in [6.45, 7) is 12.5. The summed E-state index contributed by atoms with van der Waals surface area (Å²) in [5, 5.41) is 9.35. The SMILES string of the molecule is CC(C)CCC[C@@H](C)[C@H]1CC[C@H]2[C@@H]3C[C@@H]4O[C@@]45C[C@@H](CC(=O)O)CC[C@]5(C)[C@H]3CC[C@]12C. The molecule has 0 amide bonds. The quantitative estimate of drug-likeness (QED) is 0.418. The summed E-state index contributed by atoms with van der Waals surface area (Å²) in [5.74, 6) is 4.80. The molecule has 182 valence electrons. The van der Waals surface area contributed by atoms with E-state index in [2.05, 4.69) is 34.6 Å². The summed E-state index contributed by atoms with van der Waals surface area (Å²) in [5.41, 5.74) is 0.824. The number of rotatable bonds is 7. The molecule has 5 rings (SSSR count). The molecule has 1 N–H and O–H groups in total. The van der Waals surface area contributed by atoms with Crippen LogP contribution in [-0.2, 0) is 9.53 Å². The molecule has 5 fully saturated rings. The largest absolute Gasteiger partial charge is 0.481 e. The van der Waals surface area contributed by atoms with Crippen LogP contribution in [-0.4, -0.2) is 22.8 Å². The van der Waals surface area contributed by atoms with Gasteiger partial charge < -0.3 is 9.84 Å². The maximum atomic E-state index is 11.4. The van der Waals surface area contributed by atoms with Crippen LogP contribution in [0.2, 0.25) is 0 Å². The zero-order valence-corrected chi connectivity index (χ0v) is 21.4. The Morgan fingerprint density at radius 3 is 2.53 bits per heavy atom. The van der Waals surface area contributed by atoms with Gasteiger partial charge in [-0.25, -0.2) is 0 Å². The van der Waals surface area contributed by atoms with Gasteiger partial charge in [0.1, 0.15) is 5.60 Å². The normalized spacial score (nSPS) is 50.2. The minimum absolute atomic E-state index is 0.0163. The fourth-order valence-corrected chi connectivity index (χ4v) is 10.2. The van der Waals surface area contributed by atoms with Crippen LogP contribution in [0.1, 0.15) is 112 Å². The van der Waals surface area contributed by atoms with E-state index >= 15 is 0 Å². The first-order chi connectivity index (χ1) is 15.1. The van der Waals surface area contributed by atoms with Gasteiger partial charge in [-0.1, -0.05) is 53.9 Å². The zero-order chi connectivity index (χ0) is 22.9. The van der Waals surface area contributed by atoms with E-state index in [4.69, 9.17) is 4.74 Å². The topological polar surface area (TPSA) is 49.8 Å². The molecule has 0 bridgehead atoms. The molecular weight excluding hydrogens is 396 g/mol. The first-order valence-corrected chi connectivity index (χ1v) is 14.0. The lowest BCUT2D eigenvalue weighted by atomic mass is 9.43. The van der Waals surface area contributed by atoms with Crippen molar-refractivity contribution in [2.45, 2.75) is 123 Å². The van der Waals surface area contributed by atoms with E-state index < -0.39 is 5.97 Å². The molecular formula is C29H48O3. The number of fused-ring (bicyclic) bond motifs is 4. The van der Waals surface area contributed by atoms with Crippen molar-refractivity contribution < 1.29 is 14.6 Å². The smallest absolute Gasteiger partial charge is 0.303 e. The van der Waals surface area contributed by atoms with Gasteiger partial charge in [0.15, 0.2) is 0 Å². The van der Waals surface area contributed by atoms with E-state index in [-0.39, 0.29) is 11.0 Å². The number of carbonyl (C=O) groups is 1. The summed E-state index contributed by atoms with van der Waals surface area (Å²) in [6.07, 6.45) is 15.1. The predicted octanol–water partition coefficient (Wildman–Crippen LogP) is 7.33. The molecule has 0 aromatic rings. The average molecular weight is 445 g/mol. The molecule has 0 aromatic carbocycles. The third-order valence-electron chi connectivity index (χ3n) is 11.9. The Hall–Kier alpha value is -0.570. The van der Waals surface area contributed by atoms with Gasteiger partial charge in [-0.3, -0.25) is 4.79 Å². The maximum absolute atomic E-state index is 11.4. The van der Waals surface area contributed by atoms with Crippen LogP contribution in [0.15, 0.2) is 0 Å². The molecule has 0 aromatic heterocycles. The van der Waals surface area contributed by atoms with Crippen LogP contribution in [0.5, 0.6) is 0 Å². The monoisotopic (exact) mass is 444 g/mol. The molecule has 1 aliphatic heterocycles. The van der Waals surface area contributed by atoms with Crippen LogP contribution < -0.4 is 0 Å². The third-order valence-corrected chi connectivity index (χ3v) is 11.9. The van der Waals surface area contributed by atoms with Crippen molar-refractivity contribution in [2.75, 3.05) is 0 Å². The van der Waals surface area contributed by atoms with Crippen LogP contribution in [0.4, 0.5) is 0 Å². The van der Waals surface area contributed by atoms with Crippen molar-refractivity contribution in [1.29, 1.82) is 0 Å². The number of carboxylic acid groups (broad SMARTS) is 1. The number of carboxylic acids is 1. The van der Waals surface area contributed by atoms with Gasteiger partial charge in [0.05, 0.1) is 6.10 Å². The zero-order valence-electron chi connectivity index (χ0n) is 21.4. The lowest BCUT2D eigenvalue weighted by Crippen LogP contribution is -2.58. The highest BCUT2D eigenvalue weighted by Crippen LogP contribution is 2.74. The molecule has 1 spiro atoms. The average Bonchev–Trinajstić information content (AvgIpc) is 3.28. The highest BCUT2D eigenvalue weighted by Gasteiger charge is 2.76. The van der Waals surface area contributed by atoms with Gasteiger partial charge in [-0.2, -0.15) is 0 Å². The van der Waals surface area contributed by atoms with Gasteiger partial charge in [0, 0.05) is 11.8 Å². The van der Waals surface area contributed by atoms with Crippen LogP contribution >= 0.6 is 0 Å². The van der Waals surface area contributed by atoms with Crippen LogP contribution in [0.25, 0.3) is 0 Å². The van der Waals surface area contributed by atoms with E-state index in [0.29, 0.717) is 23.9 Å². The van der Waals surface area contributed by atoms with Crippen molar-refractivity contribution in [3.05, 3.63) is 0 Å². The summed E-state index contributed by atoms with van der Waals surface area (Å²) in [6, 6.07) is 0. The lowest BCUT2D eigenvalue weighted by molar-refractivity contribution is -0.140. The van der Waals surface area contributed by atoms with E-state index in [1.165, 1.54) is 57.8 Å². The fourth-order valence-electron chi connectivity index (χ4n) is 10.2. The van der Waals surface area contributed by atoms with Crippen LogP contribution in [0, 0.1) is 52.3 Å². The molecule has 0 unspecified atom stereocenters. The van der Waals surface area contributed by atoms with E-state index in [0.717, 1.165) is 48.3 Å². The van der Waals surface area contributed by atoms with Gasteiger partial charge >= 0.3 is 5.97 Å². The first kappa shape index (κ1) is 23.2. The second-order valence-corrected chi connectivity index (χ2v) is 13.8. The first-order valence-electron chi connectivity index (χ1n) is 14.0. The van der Waals surface area contributed by atoms with E-state index in [1.807, 2.05) is 0 Å². The Morgan fingerprint density at radius 1 is 1.03 bits per heavy atom. The van der Waals surface area contributed by atoms with Crippen molar-refractivity contribution >= 4 is 5.97 Å².